The first-order valence-electron chi connectivity index (χ1n) is 4.45. The van der Waals surface area contributed by atoms with E-state index in [0.717, 1.165) is 30.6 Å². The molecule has 0 unspecified atom stereocenters. The van der Waals surface area contributed by atoms with Gasteiger partial charge in [0.25, 0.3) is 0 Å². The van der Waals surface area contributed by atoms with Gasteiger partial charge in [-0.2, -0.15) is 8.75 Å². The molecule has 2 heterocycles. The number of hydrogen-bond acceptors (Lipinski definition) is 5. The Kier molecular flexibility index (Phi) is 2.64. The summed E-state index contributed by atoms with van der Waals surface area (Å²) in [5.41, 5.74) is -0.134. The Morgan fingerprint density at radius 1 is 1.50 bits per heavy atom. The standard InChI is InChI=1S/C8H12ClN3OS/c1-8(2)5-12(3-4-13-8)7-6(9)10-14-11-7/h3-5H2,1-2H3. The van der Waals surface area contributed by atoms with Crippen molar-refractivity contribution in [2.24, 2.45) is 0 Å². The van der Waals surface area contributed by atoms with E-state index in [9.17, 15) is 0 Å². The molecule has 14 heavy (non-hydrogen) atoms. The summed E-state index contributed by atoms with van der Waals surface area (Å²) in [7, 11) is 0. The SMILES string of the molecule is CC1(C)CN(c2nsnc2Cl)CCO1. The maximum absolute atomic E-state index is 5.92. The zero-order valence-electron chi connectivity index (χ0n) is 8.16. The van der Waals surface area contributed by atoms with E-state index < -0.39 is 0 Å². The van der Waals surface area contributed by atoms with Gasteiger partial charge in [0.2, 0.25) is 0 Å². The monoisotopic (exact) mass is 233 g/mol. The van der Waals surface area contributed by atoms with Gasteiger partial charge >= 0.3 is 0 Å². The minimum Gasteiger partial charge on any atom is -0.372 e. The van der Waals surface area contributed by atoms with Crippen LogP contribution in [0.3, 0.4) is 0 Å². The average molecular weight is 234 g/mol. The van der Waals surface area contributed by atoms with Crippen LogP contribution in [-0.2, 0) is 4.74 Å². The molecule has 78 valence electrons. The normalized spacial score (nSPS) is 21.2. The maximum atomic E-state index is 5.92. The third-order valence-corrected chi connectivity index (χ3v) is 3.03. The number of aromatic nitrogens is 2. The van der Waals surface area contributed by atoms with Gasteiger partial charge in [0.05, 0.1) is 23.9 Å². The third kappa shape index (κ3) is 1.99. The number of rotatable bonds is 1. The molecule has 1 aliphatic rings. The second-order valence-corrected chi connectivity index (χ2v) is 4.79. The molecule has 6 heteroatoms. The highest BCUT2D eigenvalue weighted by molar-refractivity contribution is 6.99. The molecule has 1 aromatic rings. The van der Waals surface area contributed by atoms with E-state index >= 15 is 0 Å². The van der Waals surface area contributed by atoms with Crippen molar-refractivity contribution in [2.75, 3.05) is 24.6 Å². The Bertz CT molecular complexity index is 328. The minimum absolute atomic E-state index is 0.134. The Labute approximate surface area is 92.2 Å². The van der Waals surface area contributed by atoms with Crippen molar-refractivity contribution in [3.8, 4) is 0 Å². The first kappa shape index (κ1) is 10.1. The second kappa shape index (κ2) is 3.64. The van der Waals surface area contributed by atoms with Crippen LogP contribution in [0, 0.1) is 0 Å². The summed E-state index contributed by atoms with van der Waals surface area (Å²) in [6.07, 6.45) is 0. The number of hydrogen-bond donors (Lipinski definition) is 0. The highest BCUT2D eigenvalue weighted by Crippen LogP contribution is 2.27. The van der Waals surface area contributed by atoms with Gasteiger partial charge in [-0.05, 0) is 13.8 Å². The first-order valence-corrected chi connectivity index (χ1v) is 5.56. The fourth-order valence-electron chi connectivity index (χ4n) is 1.56. The number of ether oxygens (including phenoxy) is 1. The summed E-state index contributed by atoms with van der Waals surface area (Å²) in [5.74, 6) is 0.785. The molecule has 0 aliphatic carbocycles. The zero-order chi connectivity index (χ0) is 10.2. The molecule has 2 rings (SSSR count). The Balaban J connectivity index is 2.16. The lowest BCUT2D eigenvalue weighted by atomic mass is 10.1. The molecule has 1 aromatic heterocycles. The smallest absolute Gasteiger partial charge is 0.187 e. The van der Waals surface area contributed by atoms with Crippen LogP contribution in [0.2, 0.25) is 5.15 Å². The van der Waals surface area contributed by atoms with Gasteiger partial charge in [-0.15, -0.1) is 0 Å². The highest BCUT2D eigenvalue weighted by atomic mass is 35.5. The van der Waals surface area contributed by atoms with Gasteiger partial charge in [0.15, 0.2) is 11.0 Å². The average Bonchev–Trinajstić information content (AvgIpc) is 2.49. The van der Waals surface area contributed by atoms with Crippen LogP contribution in [-0.4, -0.2) is 34.0 Å². The molecule has 0 bridgehead atoms. The number of halogens is 1. The van der Waals surface area contributed by atoms with E-state index in [4.69, 9.17) is 16.3 Å². The molecule has 1 saturated heterocycles. The fourth-order valence-corrected chi connectivity index (χ4v) is 2.34. The summed E-state index contributed by atoms with van der Waals surface area (Å²) < 4.78 is 13.7. The van der Waals surface area contributed by atoms with E-state index in [0.29, 0.717) is 11.8 Å². The quantitative estimate of drug-likeness (QED) is 0.742. The molecule has 1 aliphatic heterocycles. The van der Waals surface area contributed by atoms with E-state index in [1.807, 2.05) is 0 Å². The number of morpholine rings is 1. The van der Waals surface area contributed by atoms with Crippen LogP contribution in [0.1, 0.15) is 13.8 Å². The fraction of sp³-hybridized carbons (Fsp3) is 0.750. The lowest BCUT2D eigenvalue weighted by molar-refractivity contribution is -0.0278. The van der Waals surface area contributed by atoms with Crippen molar-refractivity contribution in [3.05, 3.63) is 5.15 Å². The van der Waals surface area contributed by atoms with Crippen molar-refractivity contribution < 1.29 is 4.74 Å². The summed E-state index contributed by atoms with van der Waals surface area (Å²) >= 11 is 7.07. The van der Waals surface area contributed by atoms with Crippen molar-refractivity contribution >= 4 is 29.1 Å². The number of anilines is 1. The zero-order valence-corrected chi connectivity index (χ0v) is 9.73. The number of nitrogens with zero attached hydrogens (tertiary/aromatic N) is 3. The van der Waals surface area contributed by atoms with Crippen LogP contribution in [0.4, 0.5) is 5.82 Å². The highest BCUT2D eigenvalue weighted by Gasteiger charge is 2.29. The predicted octanol–water partition coefficient (Wildman–Crippen LogP) is 1.81. The van der Waals surface area contributed by atoms with Gasteiger partial charge in [-0.3, -0.25) is 0 Å². The largest absolute Gasteiger partial charge is 0.372 e. The molecule has 0 atom stereocenters. The molecular formula is C8H12ClN3OS. The van der Waals surface area contributed by atoms with E-state index in [1.54, 1.807) is 0 Å². The van der Waals surface area contributed by atoms with E-state index in [-0.39, 0.29) is 5.60 Å². The van der Waals surface area contributed by atoms with Gasteiger partial charge in [-0.1, -0.05) is 11.6 Å². The summed E-state index contributed by atoms with van der Waals surface area (Å²) in [6.45, 7) is 6.47. The maximum Gasteiger partial charge on any atom is 0.187 e. The topological polar surface area (TPSA) is 38.2 Å². The Morgan fingerprint density at radius 3 is 2.86 bits per heavy atom. The molecular weight excluding hydrogens is 222 g/mol. The molecule has 0 N–H and O–H groups in total. The van der Waals surface area contributed by atoms with Crippen molar-refractivity contribution in [2.45, 2.75) is 19.4 Å². The molecule has 0 aromatic carbocycles. The van der Waals surface area contributed by atoms with E-state index in [1.165, 1.54) is 0 Å². The van der Waals surface area contributed by atoms with E-state index in [2.05, 4.69) is 27.5 Å². The van der Waals surface area contributed by atoms with Crippen molar-refractivity contribution in [3.63, 3.8) is 0 Å². The lowest BCUT2D eigenvalue weighted by Crippen LogP contribution is -2.48. The Hall–Kier alpha value is -0.390. The first-order chi connectivity index (χ1) is 6.58. The van der Waals surface area contributed by atoms with Gasteiger partial charge < -0.3 is 9.64 Å². The third-order valence-electron chi connectivity index (χ3n) is 2.16. The molecule has 0 saturated carbocycles. The lowest BCUT2D eigenvalue weighted by Gasteiger charge is -2.38. The molecule has 4 nitrogen and oxygen atoms in total. The molecule has 0 spiro atoms. The molecule has 0 amide bonds. The van der Waals surface area contributed by atoms with Crippen molar-refractivity contribution in [1.29, 1.82) is 0 Å². The van der Waals surface area contributed by atoms with Gasteiger partial charge in [0.1, 0.15) is 0 Å². The van der Waals surface area contributed by atoms with Gasteiger partial charge in [0, 0.05) is 13.1 Å². The summed E-state index contributed by atoms with van der Waals surface area (Å²) in [5, 5.41) is 0.493. The van der Waals surface area contributed by atoms with Crippen molar-refractivity contribution in [1.82, 2.24) is 8.75 Å². The van der Waals surface area contributed by atoms with Crippen LogP contribution < -0.4 is 4.90 Å². The Morgan fingerprint density at radius 2 is 2.29 bits per heavy atom. The van der Waals surface area contributed by atoms with Crippen LogP contribution in [0.25, 0.3) is 0 Å². The second-order valence-electron chi connectivity index (χ2n) is 3.91. The van der Waals surface area contributed by atoms with Gasteiger partial charge in [-0.25, -0.2) is 0 Å². The van der Waals surface area contributed by atoms with Crippen LogP contribution >= 0.6 is 23.3 Å². The minimum atomic E-state index is -0.134. The predicted molar refractivity (Wildman–Crippen MR) is 57.2 cm³/mol. The molecule has 0 radical (unpaired) electrons. The van der Waals surface area contributed by atoms with Crippen LogP contribution in [0.5, 0.6) is 0 Å². The summed E-state index contributed by atoms with van der Waals surface area (Å²) in [6, 6.07) is 0. The van der Waals surface area contributed by atoms with Crippen LogP contribution in [0.15, 0.2) is 0 Å². The molecule has 1 fully saturated rings. The summed E-state index contributed by atoms with van der Waals surface area (Å²) in [4.78, 5) is 2.12.